The van der Waals surface area contributed by atoms with Gasteiger partial charge >= 0.3 is 0 Å². The van der Waals surface area contributed by atoms with Gasteiger partial charge in [0, 0.05) is 31.2 Å². The molecule has 1 heterocycles. The van der Waals surface area contributed by atoms with E-state index in [1.807, 2.05) is 0 Å². The van der Waals surface area contributed by atoms with E-state index in [2.05, 4.69) is 10.2 Å². The average molecular weight is 390 g/mol. The van der Waals surface area contributed by atoms with E-state index in [1.165, 1.54) is 0 Å². The highest BCUT2D eigenvalue weighted by molar-refractivity contribution is 7.92. The Morgan fingerprint density at radius 3 is 2.48 bits per heavy atom. The number of anilines is 1. The first-order valence-corrected chi connectivity index (χ1v) is 10.3. The summed E-state index contributed by atoms with van der Waals surface area (Å²) in [6.07, 6.45) is 1.08. The number of carbonyl (C=O) groups excluding carboxylic acids is 1. The number of ether oxygens (including phenoxy) is 1. The Balaban J connectivity index is 1.99. The third-order valence-electron chi connectivity index (χ3n) is 4.00. The Hall–Kier alpha value is -1.35. The smallest absolute Gasteiger partial charge is 0.243 e. The van der Waals surface area contributed by atoms with Crippen molar-refractivity contribution in [2.75, 3.05) is 50.0 Å². The van der Waals surface area contributed by atoms with Gasteiger partial charge in [-0.25, -0.2) is 8.42 Å². The Morgan fingerprint density at radius 2 is 1.92 bits per heavy atom. The summed E-state index contributed by atoms with van der Waals surface area (Å²) in [7, 11) is -3.62. The molecule has 1 saturated heterocycles. The molecule has 1 fully saturated rings. The van der Waals surface area contributed by atoms with Crippen molar-refractivity contribution in [1.29, 1.82) is 0 Å². The van der Waals surface area contributed by atoms with Gasteiger partial charge in [0.1, 0.15) is 6.04 Å². The van der Waals surface area contributed by atoms with Gasteiger partial charge in [0.15, 0.2) is 0 Å². The lowest BCUT2D eigenvalue weighted by atomic mass is 10.2. The highest BCUT2D eigenvalue weighted by Gasteiger charge is 2.29. The number of sulfonamides is 1. The van der Waals surface area contributed by atoms with Crippen molar-refractivity contribution in [1.82, 2.24) is 10.2 Å². The van der Waals surface area contributed by atoms with Crippen LogP contribution in [0.15, 0.2) is 24.3 Å². The summed E-state index contributed by atoms with van der Waals surface area (Å²) in [6.45, 7) is 5.81. The van der Waals surface area contributed by atoms with Crippen LogP contribution in [0.4, 0.5) is 5.69 Å². The number of halogens is 1. The maximum absolute atomic E-state index is 12.4. The van der Waals surface area contributed by atoms with Crippen LogP contribution in [-0.4, -0.2) is 70.9 Å². The van der Waals surface area contributed by atoms with Gasteiger partial charge in [-0.3, -0.25) is 14.0 Å². The van der Waals surface area contributed by atoms with Crippen molar-refractivity contribution in [3.63, 3.8) is 0 Å². The van der Waals surface area contributed by atoms with Gasteiger partial charge in [-0.05, 0) is 31.2 Å². The molecule has 1 amide bonds. The van der Waals surface area contributed by atoms with Gasteiger partial charge in [-0.15, -0.1) is 0 Å². The Bertz CT molecular complexity index is 675. The van der Waals surface area contributed by atoms with E-state index in [9.17, 15) is 13.2 Å². The van der Waals surface area contributed by atoms with Gasteiger partial charge in [0.05, 0.1) is 25.2 Å². The first kappa shape index (κ1) is 20.0. The van der Waals surface area contributed by atoms with Gasteiger partial charge in [0.2, 0.25) is 15.9 Å². The van der Waals surface area contributed by atoms with E-state index in [4.69, 9.17) is 16.3 Å². The summed E-state index contributed by atoms with van der Waals surface area (Å²) in [6, 6.07) is 5.50. The minimum Gasteiger partial charge on any atom is -0.379 e. The summed E-state index contributed by atoms with van der Waals surface area (Å²) >= 11 is 5.85. The molecule has 1 N–H and O–H groups in total. The van der Waals surface area contributed by atoms with Crippen LogP contribution in [0.1, 0.15) is 6.92 Å². The predicted molar refractivity (Wildman–Crippen MR) is 98.5 cm³/mol. The minimum atomic E-state index is -3.62. The fourth-order valence-electron chi connectivity index (χ4n) is 2.71. The molecule has 0 unspecified atom stereocenters. The number of hydrogen-bond donors (Lipinski definition) is 1. The molecule has 9 heteroatoms. The molecule has 7 nitrogen and oxygen atoms in total. The molecule has 1 aliphatic rings. The normalized spacial score (nSPS) is 17.1. The fourth-order valence-corrected chi connectivity index (χ4v) is 4.01. The van der Waals surface area contributed by atoms with E-state index in [0.29, 0.717) is 37.0 Å². The maximum Gasteiger partial charge on any atom is 0.243 e. The fraction of sp³-hybridized carbons (Fsp3) is 0.562. The molecule has 1 aliphatic heterocycles. The van der Waals surface area contributed by atoms with Gasteiger partial charge < -0.3 is 10.1 Å². The van der Waals surface area contributed by atoms with Crippen molar-refractivity contribution in [2.24, 2.45) is 0 Å². The molecule has 0 saturated carbocycles. The van der Waals surface area contributed by atoms with Crippen LogP contribution >= 0.6 is 11.6 Å². The SMILES string of the molecule is C[C@@H](C(=O)NCCN1CCOCC1)N(c1ccc(Cl)cc1)S(C)(=O)=O. The molecular weight excluding hydrogens is 366 g/mol. The maximum atomic E-state index is 12.4. The van der Waals surface area contributed by atoms with Gasteiger partial charge in [-0.2, -0.15) is 0 Å². The average Bonchev–Trinajstić information content (AvgIpc) is 2.56. The van der Waals surface area contributed by atoms with E-state index < -0.39 is 16.1 Å². The van der Waals surface area contributed by atoms with E-state index in [-0.39, 0.29) is 5.91 Å². The van der Waals surface area contributed by atoms with Gasteiger partial charge in [-0.1, -0.05) is 11.6 Å². The van der Waals surface area contributed by atoms with Crippen LogP contribution in [0.25, 0.3) is 0 Å². The van der Waals surface area contributed by atoms with Crippen LogP contribution in [0, 0.1) is 0 Å². The van der Waals surface area contributed by atoms with Gasteiger partial charge in [0.25, 0.3) is 0 Å². The Labute approximate surface area is 153 Å². The quantitative estimate of drug-likeness (QED) is 0.751. The molecule has 140 valence electrons. The third-order valence-corrected chi connectivity index (χ3v) is 5.49. The number of rotatable bonds is 7. The van der Waals surface area contributed by atoms with E-state index in [0.717, 1.165) is 23.7 Å². The summed E-state index contributed by atoms with van der Waals surface area (Å²) in [4.78, 5) is 14.6. The molecular formula is C16H24ClN3O4S. The summed E-state index contributed by atoms with van der Waals surface area (Å²) < 4.78 is 30.7. The summed E-state index contributed by atoms with van der Waals surface area (Å²) in [5.74, 6) is -0.339. The topological polar surface area (TPSA) is 79.0 Å². The molecule has 0 aromatic heterocycles. The van der Waals surface area contributed by atoms with Crippen LogP contribution in [0.2, 0.25) is 5.02 Å². The molecule has 1 atom stereocenters. The Morgan fingerprint density at radius 1 is 1.32 bits per heavy atom. The third kappa shape index (κ3) is 5.85. The standard InChI is InChI=1S/C16H24ClN3O4S/c1-13(16(21)18-7-8-19-9-11-24-12-10-19)20(25(2,22)23)15-5-3-14(17)4-6-15/h3-6,13H,7-12H2,1-2H3,(H,18,21)/t13-/m0/s1. The Kier molecular flexibility index (Phi) is 7.06. The largest absolute Gasteiger partial charge is 0.379 e. The number of hydrogen-bond acceptors (Lipinski definition) is 5. The van der Waals surface area contributed by atoms with E-state index in [1.54, 1.807) is 31.2 Å². The van der Waals surface area contributed by atoms with Crippen molar-refractivity contribution >= 4 is 33.2 Å². The van der Waals surface area contributed by atoms with Crippen molar-refractivity contribution in [3.05, 3.63) is 29.3 Å². The highest BCUT2D eigenvalue weighted by Crippen LogP contribution is 2.22. The number of amides is 1. The minimum absolute atomic E-state index is 0.339. The molecule has 0 aliphatic carbocycles. The summed E-state index contributed by atoms with van der Waals surface area (Å²) in [5.41, 5.74) is 0.405. The van der Waals surface area contributed by atoms with Crippen LogP contribution < -0.4 is 9.62 Å². The van der Waals surface area contributed by atoms with Crippen molar-refractivity contribution < 1.29 is 17.9 Å². The highest BCUT2D eigenvalue weighted by atomic mass is 35.5. The number of benzene rings is 1. The lowest BCUT2D eigenvalue weighted by Crippen LogP contribution is -2.49. The van der Waals surface area contributed by atoms with Crippen LogP contribution in [-0.2, 0) is 19.6 Å². The summed E-state index contributed by atoms with van der Waals surface area (Å²) in [5, 5.41) is 3.31. The second kappa shape index (κ2) is 8.84. The molecule has 1 aromatic rings. The second-order valence-electron chi connectivity index (χ2n) is 5.96. The first-order valence-electron chi connectivity index (χ1n) is 8.12. The zero-order valence-electron chi connectivity index (χ0n) is 14.4. The molecule has 1 aromatic carbocycles. The zero-order valence-corrected chi connectivity index (χ0v) is 16.0. The molecule has 0 radical (unpaired) electrons. The molecule has 0 spiro atoms. The van der Waals surface area contributed by atoms with E-state index >= 15 is 0 Å². The lowest BCUT2D eigenvalue weighted by molar-refractivity contribution is -0.121. The monoisotopic (exact) mass is 389 g/mol. The lowest BCUT2D eigenvalue weighted by Gasteiger charge is -2.29. The first-order chi connectivity index (χ1) is 11.8. The number of morpholine rings is 1. The predicted octanol–water partition coefficient (Wildman–Crippen LogP) is 0.943. The van der Waals surface area contributed by atoms with Crippen LogP contribution in [0.5, 0.6) is 0 Å². The second-order valence-corrected chi connectivity index (χ2v) is 8.25. The molecule has 0 bridgehead atoms. The van der Waals surface area contributed by atoms with Crippen molar-refractivity contribution in [3.8, 4) is 0 Å². The van der Waals surface area contributed by atoms with Crippen LogP contribution in [0.3, 0.4) is 0 Å². The number of carbonyl (C=O) groups is 1. The number of nitrogens with zero attached hydrogens (tertiary/aromatic N) is 2. The zero-order chi connectivity index (χ0) is 18.4. The molecule has 2 rings (SSSR count). The number of nitrogens with one attached hydrogen (secondary N) is 1. The van der Waals surface area contributed by atoms with Crippen molar-refractivity contribution in [2.45, 2.75) is 13.0 Å². The molecule has 25 heavy (non-hydrogen) atoms.